The van der Waals surface area contributed by atoms with Crippen molar-refractivity contribution < 1.29 is 19.1 Å². The molecule has 1 N–H and O–H groups in total. The van der Waals surface area contributed by atoms with Crippen LogP contribution in [0.2, 0.25) is 0 Å². The molecule has 0 aliphatic carbocycles. The topological polar surface area (TPSA) is 67.9 Å². The summed E-state index contributed by atoms with van der Waals surface area (Å²) in [5.41, 5.74) is 0.634. The van der Waals surface area contributed by atoms with Gasteiger partial charge < -0.3 is 14.8 Å². The van der Waals surface area contributed by atoms with E-state index in [2.05, 4.69) is 5.32 Å². The predicted octanol–water partition coefficient (Wildman–Crippen LogP) is 1.48. The number of nitrogens with zero attached hydrogens (tertiary/aromatic N) is 1. The third kappa shape index (κ3) is 3.61. The third-order valence-electron chi connectivity index (χ3n) is 2.74. The number of benzene rings is 1. The molecular weight excluding hydrogens is 248 g/mol. The molecule has 0 atom stereocenters. The minimum absolute atomic E-state index is 0.00393. The molecule has 1 aliphatic heterocycles. The highest BCUT2D eigenvalue weighted by atomic mass is 16.6. The Hall–Kier alpha value is -2.24. The first kappa shape index (κ1) is 13.2. The Balaban J connectivity index is 1.91. The molecule has 1 aromatic carbocycles. The van der Waals surface area contributed by atoms with Crippen LogP contribution in [-0.2, 0) is 9.53 Å². The van der Waals surface area contributed by atoms with Crippen molar-refractivity contribution in [1.29, 1.82) is 0 Å². The van der Waals surface area contributed by atoms with Crippen LogP contribution in [0.15, 0.2) is 24.3 Å². The number of hydrogen-bond acceptors (Lipinski definition) is 4. The molecule has 0 unspecified atom stereocenters. The van der Waals surface area contributed by atoms with Crippen LogP contribution in [0.3, 0.4) is 0 Å². The molecule has 2 amide bonds. The van der Waals surface area contributed by atoms with E-state index in [0.717, 1.165) is 6.42 Å². The van der Waals surface area contributed by atoms with Gasteiger partial charge >= 0.3 is 6.09 Å². The quantitative estimate of drug-likeness (QED) is 0.894. The van der Waals surface area contributed by atoms with Crippen LogP contribution in [0.25, 0.3) is 0 Å². The molecule has 2 rings (SSSR count). The fraction of sp³-hybridized carbons (Fsp3) is 0.385. The highest BCUT2D eigenvalue weighted by Crippen LogP contribution is 2.16. The molecule has 102 valence electrons. The predicted molar refractivity (Wildman–Crippen MR) is 69.2 cm³/mol. The van der Waals surface area contributed by atoms with Crippen LogP contribution in [0.1, 0.15) is 6.42 Å². The number of anilines is 1. The molecule has 6 heteroatoms. The van der Waals surface area contributed by atoms with Crippen molar-refractivity contribution in [1.82, 2.24) is 4.90 Å². The Kier molecular flexibility index (Phi) is 4.22. The SMILES string of the molecule is COc1cccc(NC(=O)CN2CCCOC2=O)c1. The molecule has 0 bridgehead atoms. The maximum atomic E-state index is 11.8. The number of methoxy groups -OCH3 is 1. The van der Waals surface area contributed by atoms with E-state index in [9.17, 15) is 9.59 Å². The summed E-state index contributed by atoms with van der Waals surface area (Å²) < 4.78 is 9.93. The summed E-state index contributed by atoms with van der Waals surface area (Å²) in [6, 6.07) is 7.04. The van der Waals surface area contributed by atoms with E-state index in [0.29, 0.717) is 24.6 Å². The first-order valence-corrected chi connectivity index (χ1v) is 6.04. The largest absolute Gasteiger partial charge is 0.497 e. The van der Waals surface area contributed by atoms with Gasteiger partial charge in [0, 0.05) is 18.3 Å². The minimum atomic E-state index is -0.438. The number of amides is 2. The Bertz CT molecular complexity index is 475. The van der Waals surface area contributed by atoms with Gasteiger partial charge in [0.2, 0.25) is 5.91 Å². The summed E-state index contributed by atoms with van der Waals surface area (Å²) >= 11 is 0. The van der Waals surface area contributed by atoms with Crippen molar-refractivity contribution in [2.24, 2.45) is 0 Å². The molecule has 0 aromatic heterocycles. The molecule has 1 saturated heterocycles. The first-order valence-electron chi connectivity index (χ1n) is 6.04. The van der Waals surface area contributed by atoms with E-state index < -0.39 is 6.09 Å². The zero-order valence-electron chi connectivity index (χ0n) is 10.7. The highest BCUT2D eigenvalue weighted by molar-refractivity contribution is 5.94. The monoisotopic (exact) mass is 264 g/mol. The van der Waals surface area contributed by atoms with E-state index in [4.69, 9.17) is 9.47 Å². The molecule has 0 radical (unpaired) electrons. The summed E-state index contributed by atoms with van der Waals surface area (Å²) in [7, 11) is 1.56. The lowest BCUT2D eigenvalue weighted by atomic mass is 10.3. The highest BCUT2D eigenvalue weighted by Gasteiger charge is 2.21. The number of cyclic esters (lactones) is 1. The van der Waals surface area contributed by atoms with Crippen LogP contribution in [-0.4, -0.2) is 43.7 Å². The fourth-order valence-corrected chi connectivity index (χ4v) is 1.82. The van der Waals surface area contributed by atoms with Crippen LogP contribution >= 0.6 is 0 Å². The Labute approximate surface area is 111 Å². The molecule has 0 saturated carbocycles. The average Bonchev–Trinajstić information content (AvgIpc) is 2.41. The van der Waals surface area contributed by atoms with Crippen molar-refractivity contribution in [3.05, 3.63) is 24.3 Å². The Morgan fingerprint density at radius 2 is 2.37 bits per heavy atom. The second-order valence-electron chi connectivity index (χ2n) is 4.17. The minimum Gasteiger partial charge on any atom is -0.497 e. The van der Waals surface area contributed by atoms with Gasteiger partial charge in [0.25, 0.3) is 0 Å². The van der Waals surface area contributed by atoms with Gasteiger partial charge in [0.1, 0.15) is 12.3 Å². The van der Waals surface area contributed by atoms with Crippen molar-refractivity contribution in [2.45, 2.75) is 6.42 Å². The normalized spacial score (nSPS) is 14.8. The van der Waals surface area contributed by atoms with Gasteiger partial charge in [-0.15, -0.1) is 0 Å². The van der Waals surface area contributed by atoms with Crippen LogP contribution in [0, 0.1) is 0 Å². The van der Waals surface area contributed by atoms with E-state index >= 15 is 0 Å². The number of ether oxygens (including phenoxy) is 2. The molecule has 1 heterocycles. The molecule has 1 fully saturated rings. The zero-order chi connectivity index (χ0) is 13.7. The van der Waals surface area contributed by atoms with Crippen molar-refractivity contribution >= 4 is 17.7 Å². The number of hydrogen-bond donors (Lipinski definition) is 1. The summed E-state index contributed by atoms with van der Waals surface area (Å²) in [5, 5.41) is 2.72. The second-order valence-corrected chi connectivity index (χ2v) is 4.17. The number of carbonyl (C=O) groups excluding carboxylic acids is 2. The third-order valence-corrected chi connectivity index (χ3v) is 2.74. The average molecular weight is 264 g/mol. The van der Waals surface area contributed by atoms with Crippen LogP contribution < -0.4 is 10.1 Å². The lowest BCUT2D eigenvalue weighted by molar-refractivity contribution is -0.117. The maximum absolute atomic E-state index is 11.8. The van der Waals surface area contributed by atoms with Crippen molar-refractivity contribution in [3.8, 4) is 5.75 Å². The first-order chi connectivity index (χ1) is 9.19. The number of nitrogens with one attached hydrogen (secondary N) is 1. The van der Waals surface area contributed by atoms with E-state index in [-0.39, 0.29) is 12.5 Å². The smallest absolute Gasteiger partial charge is 0.410 e. The summed E-state index contributed by atoms with van der Waals surface area (Å²) in [6.45, 7) is 0.966. The number of rotatable bonds is 4. The van der Waals surface area contributed by atoms with Crippen molar-refractivity contribution in [3.63, 3.8) is 0 Å². The lowest BCUT2D eigenvalue weighted by Gasteiger charge is -2.25. The lowest BCUT2D eigenvalue weighted by Crippen LogP contribution is -2.42. The van der Waals surface area contributed by atoms with Gasteiger partial charge in [-0.3, -0.25) is 9.69 Å². The standard InChI is InChI=1S/C13H16N2O4/c1-18-11-5-2-4-10(8-11)14-12(16)9-15-6-3-7-19-13(15)17/h2,4-5,8H,3,6-7,9H2,1H3,(H,14,16). The van der Waals surface area contributed by atoms with E-state index in [1.165, 1.54) is 4.90 Å². The van der Waals surface area contributed by atoms with Gasteiger partial charge in [-0.25, -0.2) is 4.79 Å². The van der Waals surface area contributed by atoms with Gasteiger partial charge in [-0.2, -0.15) is 0 Å². The summed E-state index contributed by atoms with van der Waals surface area (Å²) in [6.07, 6.45) is 0.310. The summed E-state index contributed by atoms with van der Waals surface area (Å²) in [5.74, 6) is 0.405. The molecule has 1 aliphatic rings. The second kappa shape index (κ2) is 6.08. The van der Waals surface area contributed by atoms with E-state index in [1.807, 2.05) is 0 Å². The molecule has 19 heavy (non-hydrogen) atoms. The molecular formula is C13H16N2O4. The van der Waals surface area contributed by atoms with Gasteiger partial charge in [0.15, 0.2) is 0 Å². The van der Waals surface area contributed by atoms with Gasteiger partial charge in [0.05, 0.1) is 13.7 Å². The zero-order valence-corrected chi connectivity index (χ0v) is 10.7. The number of carbonyl (C=O) groups is 2. The van der Waals surface area contributed by atoms with Crippen LogP contribution in [0.5, 0.6) is 5.75 Å². The van der Waals surface area contributed by atoms with Crippen molar-refractivity contribution in [2.75, 3.05) is 32.1 Å². The van der Waals surface area contributed by atoms with Crippen LogP contribution in [0.4, 0.5) is 10.5 Å². The summed E-state index contributed by atoms with van der Waals surface area (Å²) in [4.78, 5) is 24.6. The molecule has 6 nitrogen and oxygen atoms in total. The van der Waals surface area contributed by atoms with Gasteiger partial charge in [-0.05, 0) is 18.6 Å². The molecule has 1 aromatic rings. The van der Waals surface area contributed by atoms with Gasteiger partial charge in [-0.1, -0.05) is 6.07 Å². The fourth-order valence-electron chi connectivity index (χ4n) is 1.82. The Morgan fingerprint density at radius 3 is 3.11 bits per heavy atom. The Morgan fingerprint density at radius 1 is 1.53 bits per heavy atom. The van der Waals surface area contributed by atoms with E-state index in [1.54, 1.807) is 31.4 Å². The maximum Gasteiger partial charge on any atom is 0.410 e. The molecule has 0 spiro atoms.